The number of nitrogens with one attached hydrogen (secondary N) is 1. The third-order valence-electron chi connectivity index (χ3n) is 6.31. The molecule has 2 aliphatic rings. The van der Waals surface area contributed by atoms with E-state index in [0.717, 1.165) is 18.2 Å². The Labute approximate surface area is 198 Å². The molecule has 1 saturated carbocycles. The summed E-state index contributed by atoms with van der Waals surface area (Å²) in [5, 5.41) is 3.51. The number of amides is 2. The van der Waals surface area contributed by atoms with Crippen molar-refractivity contribution in [3.05, 3.63) is 47.8 Å². The zero-order valence-corrected chi connectivity index (χ0v) is 19.7. The van der Waals surface area contributed by atoms with Gasteiger partial charge in [-0.2, -0.15) is 0 Å². The molecule has 2 amide bonds. The van der Waals surface area contributed by atoms with E-state index in [9.17, 15) is 14.0 Å². The minimum atomic E-state index is -0.640. The van der Waals surface area contributed by atoms with Crippen LogP contribution in [0.25, 0.3) is 0 Å². The number of halogens is 1. The average molecular weight is 471 g/mol. The molecule has 3 N–H and O–H groups in total. The molecule has 1 fully saturated rings. The van der Waals surface area contributed by atoms with Crippen LogP contribution in [0.4, 0.5) is 20.6 Å². The smallest absolute Gasteiger partial charge is 0.420 e. The van der Waals surface area contributed by atoms with Crippen molar-refractivity contribution in [2.24, 2.45) is 5.73 Å². The Morgan fingerprint density at radius 2 is 1.94 bits per heavy atom. The molecule has 1 aliphatic carbocycles. The first-order valence-electron chi connectivity index (χ1n) is 11.5. The van der Waals surface area contributed by atoms with E-state index >= 15 is 0 Å². The molecule has 9 heteroatoms. The van der Waals surface area contributed by atoms with Gasteiger partial charge in [0.2, 0.25) is 5.91 Å². The zero-order valence-electron chi connectivity index (χ0n) is 19.7. The number of nitrogens with zero attached hydrogens (tertiary/aromatic N) is 2. The number of hydrogen-bond donors (Lipinski definition) is 2. The van der Waals surface area contributed by atoms with Gasteiger partial charge in [-0.05, 0) is 49.6 Å². The second kappa shape index (κ2) is 9.99. The molecular formula is C25H31FN4O4. The Hall–Kier alpha value is -3.17. The van der Waals surface area contributed by atoms with Crippen molar-refractivity contribution in [2.75, 3.05) is 36.5 Å². The summed E-state index contributed by atoms with van der Waals surface area (Å²) >= 11 is 0. The van der Waals surface area contributed by atoms with E-state index in [2.05, 4.69) is 5.32 Å². The van der Waals surface area contributed by atoms with Crippen LogP contribution in [0, 0.1) is 5.82 Å². The summed E-state index contributed by atoms with van der Waals surface area (Å²) in [5.74, 6) is -0.316. The number of benzene rings is 2. The van der Waals surface area contributed by atoms with E-state index in [0.29, 0.717) is 24.0 Å². The molecule has 34 heavy (non-hydrogen) atoms. The molecule has 1 unspecified atom stereocenters. The predicted octanol–water partition coefficient (Wildman–Crippen LogP) is 3.39. The summed E-state index contributed by atoms with van der Waals surface area (Å²) in [6.07, 6.45) is 1.72. The lowest BCUT2D eigenvalue weighted by Gasteiger charge is -2.40. The molecule has 2 aromatic rings. The van der Waals surface area contributed by atoms with Gasteiger partial charge in [0.1, 0.15) is 5.82 Å². The van der Waals surface area contributed by atoms with Gasteiger partial charge in [0.05, 0.1) is 24.5 Å². The highest BCUT2D eigenvalue weighted by molar-refractivity contribution is 6.02. The van der Waals surface area contributed by atoms with Crippen LogP contribution < -0.4 is 30.3 Å². The second-order valence-electron chi connectivity index (χ2n) is 8.88. The van der Waals surface area contributed by atoms with Crippen molar-refractivity contribution >= 4 is 23.4 Å². The van der Waals surface area contributed by atoms with E-state index in [4.69, 9.17) is 15.2 Å². The highest BCUT2D eigenvalue weighted by Crippen LogP contribution is 2.39. The molecule has 1 aliphatic heterocycles. The molecule has 0 bridgehead atoms. The summed E-state index contributed by atoms with van der Waals surface area (Å²) in [5.41, 5.74) is 8.25. The number of nitrogens with two attached hydrogens (primary N) is 1. The van der Waals surface area contributed by atoms with Crippen molar-refractivity contribution in [2.45, 2.75) is 44.7 Å². The third kappa shape index (κ3) is 5.00. The number of carbonyl (C=O) groups is 2. The molecule has 2 aromatic carbocycles. The van der Waals surface area contributed by atoms with Crippen molar-refractivity contribution in [3.8, 4) is 11.5 Å². The van der Waals surface area contributed by atoms with Gasteiger partial charge in [0.15, 0.2) is 11.5 Å². The predicted molar refractivity (Wildman–Crippen MR) is 128 cm³/mol. The van der Waals surface area contributed by atoms with Gasteiger partial charge in [-0.25, -0.2) is 9.18 Å². The molecular weight excluding hydrogens is 439 g/mol. The number of ether oxygens (including phenoxy) is 2. The average Bonchev–Trinajstić information content (AvgIpc) is 3.64. The number of anilines is 2. The largest absolute Gasteiger partial charge is 0.493 e. The summed E-state index contributed by atoms with van der Waals surface area (Å²) in [6.45, 7) is 4.81. The summed E-state index contributed by atoms with van der Waals surface area (Å²) in [4.78, 5) is 28.9. The number of carbonyl (C=O) groups excluding carboxylic acids is 2. The number of methoxy groups -OCH3 is 1. The van der Waals surface area contributed by atoms with E-state index in [1.54, 1.807) is 4.90 Å². The van der Waals surface area contributed by atoms with E-state index in [1.165, 1.54) is 43.9 Å². The lowest BCUT2D eigenvalue weighted by Crippen LogP contribution is -2.52. The maximum absolute atomic E-state index is 13.6. The molecule has 0 saturated heterocycles. The Morgan fingerprint density at radius 3 is 2.59 bits per heavy atom. The van der Waals surface area contributed by atoms with Crippen LogP contribution in [0.15, 0.2) is 36.4 Å². The molecule has 2 atom stereocenters. The molecule has 8 nitrogen and oxygen atoms in total. The monoisotopic (exact) mass is 470 g/mol. The Balaban J connectivity index is 1.67. The number of fused-ring (bicyclic) bond motifs is 1. The van der Waals surface area contributed by atoms with Crippen molar-refractivity contribution < 1.29 is 23.5 Å². The van der Waals surface area contributed by atoms with Gasteiger partial charge in [-0.15, -0.1) is 0 Å². The van der Waals surface area contributed by atoms with Crippen LogP contribution in [-0.2, 0) is 4.79 Å². The topological polar surface area (TPSA) is 97.1 Å². The van der Waals surface area contributed by atoms with Crippen LogP contribution in [-0.4, -0.2) is 50.8 Å². The van der Waals surface area contributed by atoms with Gasteiger partial charge in [0, 0.05) is 44.6 Å². The fourth-order valence-corrected chi connectivity index (χ4v) is 4.36. The molecule has 4 rings (SSSR count). The molecule has 182 valence electrons. The van der Waals surface area contributed by atoms with Gasteiger partial charge < -0.3 is 25.4 Å². The van der Waals surface area contributed by atoms with Crippen LogP contribution in [0.3, 0.4) is 0 Å². The van der Waals surface area contributed by atoms with E-state index in [-0.39, 0.29) is 35.9 Å². The van der Waals surface area contributed by atoms with Crippen molar-refractivity contribution in [1.29, 1.82) is 0 Å². The number of rotatable bonds is 7. The van der Waals surface area contributed by atoms with Gasteiger partial charge in [0.25, 0.3) is 0 Å². The van der Waals surface area contributed by atoms with Crippen LogP contribution in [0.2, 0.25) is 0 Å². The standard InChI is InChI=1S/C25H31FN4O4/c1-15-14-29(25(32)34-23-9-5-19(26)11-24(23)33-3)22-10-17(4-8-21(22)30(15)16(2)31)18(12-27)13-28-20-6-7-20/h4-5,8-11,15,18,20,28H,6-7,12-14,27H2,1-3H3/t15-,18?/m0/s1. The van der Waals surface area contributed by atoms with Crippen LogP contribution in [0.1, 0.15) is 38.2 Å². The fourth-order valence-electron chi connectivity index (χ4n) is 4.36. The van der Waals surface area contributed by atoms with Crippen LogP contribution in [0.5, 0.6) is 11.5 Å². The first kappa shape index (κ1) is 24.0. The van der Waals surface area contributed by atoms with E-state index < -0.39 is 11.9 Å². The normalized spacial score (nSPS) is 18.3. The molecule has 0 radical (unpaired) electrons. The van der Waals surface area contributed by atoms with Gasteiger partial charge in [-0.1, -0.05) is 6.07 Å². The SMILES string of the molecule is COc1cc(F)ccc1OC(=O)N1C[C@H](C)N(C(C)=O)c2ccc(C(CN)CNC3CC3)cc21. The highest BCUT2D eigenvalue weighted by Gasteiger charge is 2.35. The Kier molecular flexibility index (Phi) is 7.04. The Morgan fingerprint density at radius 1 is 1.18 bits per heavy atom. The van der Waals surface area contributed by atoms with Gasteiger partial charge in [-0.3, -0.25) is 9.69 Å². The first-order valence-corrected chi connectivity index (χ1v) is 11.5. The summed E-state index contributed by atoms with van der Waals surface area (Å²) in [6, 6.07) is 9.74. The first-order chi connectivity index (χ1) is 16.3. The number of hydrogen-bond acceptors (Lipinski definition) is 6. The third-order valence-corrected chi connectivity index (χ3v) is 6.31. The van der Waals surface area contributed by atoms with E-state index in [1.807, 2.05) is 25.1 Å². The molecule has 0 aromatic heterocycles. The summed E-state index contributed by atoms with van der Waals surface area (Å²) < 4.78 is 24.3. The van der Waals surface area contributed by atoms with Crippen molar-refractivity contribution in [3.63, 3.8) is 0 Å². The fraction of sp³-hybridized carbons (Fsp3) is 0.440. The van der Waals surface area contributed by atoms with Gasteiger partial charge >= 0.3 is 6.09 Å². The Bertz CT molecular complexity index is 1070. The molecule has 0 spiro atoms. The second-order valence-corrected chi connectivity index (χ2v) is 8.88. The lowest BCUT2D eigenvalue weighted by atomic mass is 9.96. The highest BCUT2D eigenvalue weighted by atomic mass is 19.1. The minimum absolute atomic E-state index is 0.0612. The maximum atomic E-state index is 13.6. The van der Waals surface area contributed by atoms with Crippen LogP contribution >= 0.6 is 0 Å². The molecule has 1 heterocycles. The lowest BCUT2D eigenvalue weighted by molar-refractivity contribution is -0.117. The minimum Gasteiger partial charge on any atom is -0.493 e. The maximum Gasteiger partial charge on any atom is 0.420 e. The zero-order chi connectivity index (χ0) is 24.4. The van der Waals surface area contributed by atoms with Crippen molar-refractivity contribution in [1.82, 2.24) is 5.32 Å². The summed E-state index contributed by atoms with van der Waals surface area (Å²) in [7, 11) is 1.38. The quantitative estimate of drug-likeness (QED) is 0.644.